The summed E-state index contributed by atoms with van der Waals surface area (Å²) in [6.07, 6.45) is 3.25. The molecule has 6 heteroatoms. The van der Waals surface area contributed by atoms with E-state index in [4.69, 9.17) is 9.47 Å². The number of hydrogen-bond acceptors (Lipinski definition) is 4. The highest BCUT2D eigenvalue weighted by Crippen LogP contribution is 2.30. The van der Waals surface area contributed by atoms with Crippen LogP contribution in [0.15, 0.2) is 60.7 Å². The van der Waals surface area contributed by atoms with Crippen molar-refractivity contribution in [3.63, 3.8) is 0 Å². The maximum atomic E-state index is 13.0. The Hall–Kier alpha value is -3.54. The van der Waals surface area contributed by atoms with Crippen LogP contribution < -0.4 is 14.8 Å². The van der Waals surface area contributed by atoms with Crippen LogP contribution in [-0.4, -0.2) is 43.0 Å². The van der Waals surface area contributed by atoms with Gasteiger partial charge in [0.2, 0.25) is 0 Å². The smallest absolute Gasteiger partial charge is 0.260 e. The molecule has 1 aliphatic rings. The summed E-state index contributed by atoms with van der Waals surface area (Å²) < 4.78 is 11.5. The minimum Gasteiger partial charge on any atom is -0.490 e. The summed E-state index contributed by atoms with van der Waals surface area (Å²) in [6.45, 7) is 5.81. The molecule has 0 aliphatic carbocycles. The van der Waals surface area contributed by atoms with Crippen LogP contribution in [0.1, 0.15) is 55.1 Å². The Bertz CT molecular complexity index is 1150. The summed E-state index contributed by atoms with van der Waals surface area (Å²) in [5, 5.41) is 5.35. The van der Waals surface area contributed by atoms with Crippen LogP contribution >= 0.6 is 0 Å². The molecule has 34 heavy (non-hydrogen) atoms. The largest absolute Gasteiger partial charge is 0.490 e. The average molecular weight is 461 g/mol. The topological polar surface area (TPSA) is 67.9 Å². The first-order chi connectivity index (χ1) is 16.6. The number of carbonyl (C=O) groups is 2. The van der Waals surface area contributed by atoms with Crippen molar-refractivity contribution in [2.24, 2.45) is 0 Å². The first-order valence-electron chi connectivity index (χ1n) is 12.0. The maximum Gasteiger partial charge on any atom is 0.260 e. The molecule has 1 aliphatic heterocycles. The number of piperidine rings is 1. The van der Waals surface area contributed by atoms with Gasteiger partial charge in [0.05, 0.1) is 12.6 Å². The molecule has 6 nitrogen and oxygen atoms in total. The van der Waals surface area contributed by atoms with E-state index in [1.807, 2.05) is 43.0 Å². The van der Waals surface area contributed by atoms with E-state index in [2.05, 4.69) is 23.5 Å². The predicted octanol–water partition coefficient (Wildman–Crippen LogP) is 5.12. The van der Waals surface area contributed by atoms with Crippen molar-refractivity contribution in [2.75, 3.05) is 26.3 Å². The number of ether oxygens (including phenoxy) is 2. The van der Waals surface area contributed by atoms with Crippen molar-refractivity contribution >= 4 is 22.6 Å². The van der Waals surface area contributed by atoms with Crippen LogP contribution in [-0.2, 0) is 4.79 Å². The van der Waals surface area contributed by atoms with Crippen LogP contribution in [0.25, 0.3) is 10.8 Å². The molecule has 0 spiro atoms. The standard InChI is InChI=1S/C28H32N2O4/c1-3-33-26-18-22(14-15-25(26)34-19-27(31)30-16-7-4-8-17-30)28(32)29-20(2)23-13-9-11-21-10-5-6-12-24(21)23/h5-6,9-15,18,20H,3-4,7-8,16-17,19H2,1-2H3,(H,29,32). The highest BCUT2D eigenvalue weighted by Gasteiger charge is 2.19. The zero-order valence-corrected chi connectivity index (χ0v) is 19.9. The first-order valence-corrected chi connectivity index (χ1v) is 12.0. The second kappa shape index (κ2) is 11.1. The molecule has 3 aromatic rings. The zero-order valence-electron chi connectivity index (χ0n) is 19.9. The van der Waals surface area contributed by atoms with E-state index in [0.717, 1.165) is 42.3 Å². The minimum atomic E-state index is -0.197. The monoisotopic (exact) mass is 460 g/mol. The van der Waals surface area contributed by atoms with Crippen molar-refractivity contribution in [1.82, 2.24) is 10.2 Å². The van der Waals surface area contributed by atoms with Crippen LogP contribution in [0.5, 0.6) is 11.5 Å². The van der Waals surface area contributed by atoms with E-state index in [-0.39, 0.29) is 24.5 Å². The SMILES string of the molecule is CCOc1cc(C(=O)NC(C)c2cccc3ccccc23)ccc1OCC(=O)N1CCCCC1. The van der Waals surface area contributed by atoms with Gasteiger partial charge in [-0.2, -0.15) is 0 Å². The van der Waals surface area contributed by atoms with E-state index in [1.54, 1.807) is 18.2 Å². The molecule has 4 rings (SSSR count). The van der Waals surface area contributed by atoms with Gasteiger partial charge in [0.1, 0.15) is 0 Å². The van der Waals surface area contributed by atoms with E-state index in [9.17, 15) is 9.59 Å². The van der Waals surface area contributed by atoms with E-state index in [0.29, 0.717) is 23.7 Å². The second-order valence-electron chi connectivity index (χ2n) is 8.59. The van der Waals surface area contributed by atoms with Crippen molar-refractivity contribution in [1.29, 1.82) is 0 Å². The molecular weight excluding hydrogens is 428 g/mol. The van der Waals surface area contributed by atoms with E-state index in [1.165, 1.54) is 6.42 Å². The van der Waals surface area contributed by atoms with Crippen LogP contribution in [0.4, 0.5) is 0 Å². The van der Waals surface area contributed by atoms with Gasteiger partial charge in [-0.15, -0.1) is 0 Å². The van der Waals surface area contributed by atoms with Crippen molar-refractivity contribution in [2.45, 2.75) is 39.2 Å². The lowest BCUT2D eigenvalue weighted by Crippen LogP contribution is -2.38. The summed E-state index contributed by atoms with van der Waals surface area (Å²) in [7, 11) is 0. The summed E-state index contributed by atoms with van der Waals surface area (Å²) >= 11 is 0. The fraction of sp³-hybridized carbons (Fsp3) is 0.357. The fourth-order valence-corrected chi connectivity index (χ4v) is 4.40. The molecular formula is C28H32N2O4. The molecule has 1 N–H and O–H groups in total. The molecule has 1 heterocycles. The summed E-state index contributed by atoms with van der Waals surface area (Å²) in [6, 6.07) is 19.2. The van der Waals surface area contributed by atoms with Gasteiger partial charge < -0.3 is 19.7 Å². The molecule has 3 aromatic carbocycles. The molecule has 1 unspecified atom stereocenters. The van der Waals surface area contributed by atoms with Crippen molar-refractivity contribution < 1.29 is 19.1 Å². The average Bonchev–Trinajstić information content (AvgIpc) is 2.88. The predicted molar refractivity (Wildman–Crippen MR) is 133 cm³/mol. The number of fused-ring (bicyclic) bond motifs is 1. The van der Waals surface area contributed by atoms with Gasteiger partial charge in [-0.25, -0.2) is 0 Å². The number of nitrogens with zero attached hydrogens (tertiary/aromatic N) is 1. The molecule has 1 atom stereocenters. The Morgan fingerprint density at radius 1 is 0.941 bits per heavy atom. The van der Waals surface area contributed by atoms with Crippen LogP contribution in [0.3, 0.4) is 0 Å². The first kappa shape index (κ1) is 23.6. The lowest BCUT2D eigenvalue weighted by atomic mass is 9.99. The maximum absolute atomic E-state index is 13.0. The van der Waals surface area contributed by atoms with Gasteiger partial charge in [-0.3, -0.25) is 9.59 Å². The van der Waals surface area contributed by atoms with Gasteiger partial charge in [0.25, 0.3) is 11.8 Å². The Morgan fingerprint density at radius 2 is 1.71 bits per heavy atom. The Balaban J connectivity index is 1.45. The molecule has 0 radical (unpaired) electrons. The van der Waals surface area contributed by atoms with Crippen LogP contribution in [0.2, 0.25) is 0 Å². The van der Waals surface area contributed by atoms with Crippen LogP contribution in [0, 0.1) is 0 Å². The number of benzene rings is 3. The van der Waals surface area contributed by atoms with E-state index >= 15 is 0 Å². The third kappa shape index (κ3) is 5.50. The minimum absolute atomic E-state index is 0.0205. The number of rotatable bonds is 8. The van der Waals surface area contributed by atoms with Gasteiger partial charge in [-0.1, -0.05) is 42.5 Å². The Labute approximate surface area is 200 Å². The highest BCUT2D eigenvalue weighted by atomic mass is 16.5. The summed E-state index contributed by atoms with van der Waals surface area (Å²) in [5.41, 5.74) is 1.54. The van der Waals surface area contributed by atoms with Gasteiger partial charge >= 0.3 is 0 Å². The Morgan fingerprint density at radius 3 is 2.50 bits per heavy atom. The molecule has 2 amide bonds. The third-order valence-corrected chi connectivity index (χ3v) is 6.20. The van der Waals surface area contributed by atoms with E-state index < -0.39 is 0 Å². The number of nitrogens with one attached hydrogen (secondary N) is 1. The second-order valence-corrected chi connectivity index (χ2v) is 8.59. The molecule has 178 valence electrons. The fourth-order valence-electron chi connectivity index (χ4n) is 4.40. The summed E-state index contributed by atoms with van der Waals surface area (Å²) in [4.78, 5) is 27.3. The molecule has 0 aromatic heterocycles. The molecule has 0 saturated carbocycles. The molecule has 1 fully saturated rings. The highest BCUT2D eigenvalue weighted by molar-refractivity contribution is 5.95. The van der Waals surface area contributed by atoms with Gasteiger partial charge in [-0.05, 0) is 67.6 Å². The number of carbonyl (C=O) groups excluding carboxylic acids is 2. The molecule has 1 saturated heterocycles. The lowest BCUT2D eigenvalue weighted by Gasteiger charge is -2.26. The number of likely N-dealkylation sites (tertiary alicyclic amines) is 1. The Kier molecular flexibility index (Phi) is 7.68. The van der Waals surface area contributed by atoms with Gasteiger partial charge in [0.15, 0.2) is 18.1 Å². The number of hydrogen-bond donors (Lipinski definition) is 1. The molecule has 0 bridgehead atoms. The summed E-state index contributed by atoms with van der Waals surface area (Å²) in [5.74, 6) is 0.704. The van der Waals surface area contributed by atoms with Crippen molar-refractivity contribution in [3.05, 3.63) is 71.8 Å². The normalized spacial score (nSPS) is 14.5. The van der Waals surface area contributed by atoms with Crippen molar-refractivity contribution in [3.8, 4) is 11.5 Å². The lowest BCUT2D eigenvalue weighted by molar-refractivity contribution is -0.134. The third-order valence-electron chi connectivity index (χ3n) is 6.20. The zero-order chi connectivity index (χ0) is 23.9. The number of amides is 2. The quantitative estimate of drug-likeness (QED) is 0.507. The van der Waals surface area contributed by atoms with Gasteiger partial charge in [0, 0.05) is 18.7 Å².